The fourth-order valence-corrected chi connectivity index (χ4v) is 3.99. The van der Waals surface area contributed by atoms with E-state index < -0.39 is 0 Å². The summed E-state index contributed by atoms with van der Waals surface area (Å²) < 4.78 is 2.91. The zero-order valence-electron chi connectivity index (χ0n) is 16.4. The van der Waals surface area contributed by atoms with E-state index in [-0.39, 0.29) is 12.3 Å². The van der Waals surface area contributed by atoms with Crippen molar-refractivity contribution in [2.24, 2.45) is 4.99 Å². The van der Waals surface area contributed by atoms with E-state index in [1.807, 2.05) is 43.3 Å². The van der Waals surface area contributed by atoms with Gasteiger partial charge in [-0.3, -0.25) is 19.2 Å². The number of hydrogen-bond acceptors (Lipinski definition) is 5. The standard InChI is InChI=1S/C22H17BrN6O/c1-13-26-19-12-24-8-7-20(19)29(13)16-5-3-14(4-6-16)17-10-21(30)28(2)22-18(27-17)9-15(23)11-25-22/h3-9,11-12H,10H2,1-2H3. The van der Waals surface area contributed by atoms with Crippen LogP contribution in [0, 0.1) is 6.92 Å². The number of amides is 1. The predicted octanol–water partition coefficient (Wildman–Crippen LogP) is 4.37. The molecule has 0 spiro atoms. The number of imidazole rings is 1. The van der Waals surface area contributed by atoms with Crippen LogP contribution in [0.3, 0.4) is 0 Å². The number of carbonyl (C=O) groups excluding carboxylic acids is 1. The highest BCUT2D eigenvalue weighted by Gasteiger charge is 2.23. The van der Waals surface area contributed by atoms with E-state index >= 15 is 0 Å². The molecule has 1 aromatic carbocycles. The Hall–Kier alpha value is -3.39. The molecule has 0 aliphatic carbocycles. The van der Waals surface area contributed by atoms with Crippen molar-refractivity contribution in [1.82, 2.24) is 19.5 Å². The minimum atomic E-state index is -0.0460. The number of hydrogen-bond donors (Lipinski definition) is 0. The van der Waals surface area contributed by atoms with Crippen molar-refractivity contribution in [3.05, 3.63) is 70.8 Å². The molecule has 4 heterocycles. The summed E-state index contributed by atoms with van der Waals surface area (Å²) in [6, 6.07) is 11.8. The summed E-state index contributed by atoms with van der Waals surface area (Å²) in [6.07, 6.45) is 5.41. The van der Waals surface area contributed by atoms with Crippen LogP contribution in [0.15, 0.2) is 64.5 Å². The Balaban J connectivity index is 1.57. The highest BCUT2D eigenvalue weighted by molar-refractivity contribution is 9.10. The van der Waals surface area contributed by atoms with E-state index in [0.29, 0.717) is 17.2 Å². The monoisotopic (exact) mass is 460 g/mol. The molecule has 148 valence electrons. The number of aromatic nitrogens is 4. The fourth-order valence-electron chi connectivity index (χ4n) is 3.68. The first-order valence-electron chi connectivity index (χ1n) is 9.41. The Morgan fingerprint density at radius 1 is 1.10 bits per heavy atom. The topological polar surface area (TPSA) is 76.3 Å². The summed E-state index contributed by atoms with van der Waals surface area (Å²) >= 11 is 3.44. The first kappa shape index (κ1) is 18.6. The maximum atomic E-state index is 12.7. The first-order chi connectivity index (χ1) is 14.5. The number of aryl methyl sites for hydroxylation is 1. The third-order valence-electron chi connectivity index (χ3n) is 5.16. The molecular weight excluding hydrogens is 444 g/mol. The van der Waals surface area contributed by atoms with Crippen LogP contribution in [0.1, 0.15) is 17.8 Å². The van der Waals surface area contributed by atoms with Gasteiger partial charge in [0.2, 0.25) is 5.91 Å². The zero-order valence-corrected chi connectivity index (χ0v) is 18.0. The molecule has 0 saturated carbocycles. The highest BCUT2D eigenvalue weighted by atomic mass is 79.9. The molecule has 1 aliphatic heterocycles. The second kappa shape index (κ2) is 7.14. The lowest BCUT2D eigenvalue weighted by molar-refractivity contribution is -0.117. The lowest BCUT2D eigenvalue weighted by atomic mass is 10.1. The average Bonchev–Trinajstić information content (AvgIpc) is 3.02. The van der Waals surface area contributed by atoms with Gasteiger partial charge in [0, 0.05) is 29.6 Å². The van der Waals surface area contributed by atoms with Crippen molar-refractivity contribution >= 4 is 50.1 Å². The Kier molecular flexibility index (Phi) is 4.43. The molecule has 1 aliphatic rings. The Morgan fingerprint density at radius 2 is 1.90 bits per heavy atom. The fraction of sp³-hybridized carbons (Fsp3) is 0.136. The van der Waals surface area contributed by atoms with Crippen LogP contribution < -0.4 is 4.90 Å². The van der Waals surface area contributed by atoms with Crippen LogP contribution >= 0.6 is 15.9 Å². The van der Waals surface area contributed by atoms with Crippen molar-refractivity contribution < 1.29 is 4.79 Å². The van der Waals surface area contributed by atoms with Crippen LogP contribution in [-0.2, 0) is 4.79 Å². The molecular formula is C22H17BrN6O. The second-order valence-corrected chi connectivity index (χ2v) is 8.01. The molecule has 0 N–H and O–H groups in total. The van der Waals surface area contributed by atoms with Crippen LogP contribution in [0.2, 0.25) is 0 Å². The number of carbonyl (C=O) groups is 1. The van der Waals surface area contributed by atoms with Gasteiger partial charge < -0.3 is 0 Å². The van der Waals surface area contributed by atoms with E-state index in [2.05, 4.69) is 35.4 Å². The second-order valence-electron chi connectivity index (χ2n) is 7.09. The Bertz CT molecular complexity index is 1330. The number of anilines is 1. The summed E-state index contributed by atoms with van der Waals surface area (Å²) in [5.41, 5.74) is 5.14. The predicted molar refractivity (Wildman–Crippen MR) is 120 cm³/mol. The molecule has 0 atom stereocenters. The molecule has 0 unspecified atom stereocenters. The summed E-state index contributed by atoms with van der Waals surface area (Å²) in [5, 5.41) is 0. The van der Waals surface area contributed by atoms with Crippen LogP contribution in [0.4, 0.5) is 11.5 Å². The molecule has 0 bridgehead atoms. The SMILES string of the molecule is Cc1nc2cnccc2n1-c1ccc(C2=Nc3cc(Br)cnc3N(C)C(=O)C2)cc1. The first-order valence-corrected chi connectivity index (χ1v) is 10.2. The molecule has 0 radical (unpaired) electrons. The van der Waals surface area contributed by atoms with Crippen molar-refractivity contribution in [3.63, 3.8) is 0 Å². The smallest absolute Gasteiger partial charge is 0.233 e. The van der Waals surface area contributed by atoms with Crippen LogP contribution in [0.25, 0.3) is 16.7 Å². The van der Waals surface area contributed by atoms with Gasteiger partial charge in [-0.15, -0.1) is 0 Å². The summed E-state index contributed by atoms with van der Waals surface area (Å²) in [7, 11) is 1.73. The van der Waals surface area contributed by atoms with Gasteiger partial charge in [0.25, 0.3) is 0 Å². The molecule has 8 heteroatoms. The number of aliphatic imine (C=N–C) groups is 1. The van der Waals surface area contributed by atoms with Gasteiger partial charge in [-0.1, -0.05) is 12.1 Å². The van der Waals surface area contributed by atoms with Gasteiger partial charge in [0.1, 0.15) is 17.0 Å². The van der Waals surface area contributed by atoms with Gasteiger partial charge in [0.05, 0.1) is 23.8 Å². The summed E-state index contributed by atoms with van der Waals surface area (Å²) in [4.78, 5) is 32.1. The molecule has 30 heavy (non-hydrogen) atoms. The number of halogens is 1. The molecule has 7 nitrogen and oxygen atoms in total. The minimum absolute atomic E-state index is 0.0460. The molecule has 4 aromatic rings. The van der Waals surface area contributed by atoms with Gasteiger partial charge >= 0.3 is 0 Å². The number of rotatable bonds is 2. The van der Waals surface area contributed by atoms with Gasteiger partial charge in [-0.25, -0.2) is 15.0 Å². The van der Waals surface area contributed by atoms with Crippen molar-refractivity contribution in [1.29, 1.82) is 0 Å². The van der Waals surface area contributed by atoms with E-state index in [4.69, 9.17) is 4.99 Å². The third-order valence-corrected chi connectivity index (χ3v) is 5.60. The van der Waals surface area contributed by atoms with Crippen LogP contribution in [-0.4, -0.2) is 38.2 Å². The Labute approximate surface area is 181 Å². The lowest BCUT2D eigenvalue weighted by Gasteiger charge is -2.15. The largest absolute Gasteiger partial charge is 0.298 e. The summed E-state index contributed by atoms with van der Waals surface area (Å²) in [5.74, 6) is 1.40. The lowest BCUT2D eigenvalue weighted by Crippen LogP contribution is -2.27. The van der Waals surface area contributed by atoms with E-state index in [9.17, 15) is 4.79 Å². The minimum Gasteiger partial charge on any atom is -0.298 e. The summed E-state index contributed by atoms with van der Waals surface area (Å²) in [6.45, 7) is 1.97. The number of benzene rings is 1. The van der Waals surface area contributed by atoms with E-state index in [1.54, 1.807) is 30.5 Å². The number of nitrogens with zero attached hydrogens (tertiary/aromatic N) is 6. The van der Waals surface area contributed by atoms with Crippen LogP contribution in [0.5, 0.6) is 0 Å². The van der Waals surface area contributed by atoms with Gasteiger partial charge in [-0.2, -0.15) is 0 Å². The maximum absolute atomic E-state index is 12.7. The van der Waals surface area contributed by atoms with Gasteiger partial charge in [0.15, 0.2) is 5.82 Å². The van der Waals surface area contributed by atoms with Gasteiger partial charge in [-0.05, 0) is 52.7 Å². The normalized spacial score (nSPS) is 13.9. The molecule has 5 rings (SSSR count). The van der Waals surface area contributed by atoms with Crippen molar-refractivity contribution in [2.45, 2.75) is 13.3 Å². The van der Waals surface area contributed by atoms with E-state index in [0.717, 1.165) is 32.6 Å². The molecule has 0 saturated heterocycles. The number of pyridine rings is 2. The molecule has 1 amide bonds. The van der Waals surface area contributed by atoms with Crippen molar-refractivity contribution in [2.75, 3.05) is 11.9 Å². The third kappa shape index (κ3) is 3.09. The average molecular weight is 461 g/mol. The van der Waals surface area contributed by atoms with E-state index in [1.165, 1.54) is 0 Å². The zero-order chi connectivity index (χ0) is 20.8. The highest BCUT2D eigenvalue weighted by Crippen LogP contribution is 2.32. The quantitative estimate of drug-likeness (QED) is 0.444. The van der Waals surface area contributed by atoms with Crippen molar-refractivity contribution in [3.8, 4) is 5.69 Å². The molecule has 0 fully saturated rings. The Morgan fingerprint density at radius 3 is 2.70 bits per heavy atom. The number of fused-ring (bicyclic) bond motifs is 2. The maximum Gasteiger partial charge on any atom is 0.233 e. The molecule has 3 aromatic heterocycles.